The Balaban J connectivity index is 1.91. The molecule has 0 aromatic carbocycles. The fourth-order valence-corrected chi connectivity index (χ4v) is 3.07. The van der Waals surface area contributed by atoms with E-state index in [1.54, 1.807) is 37.5 Å². The highest BCUT2D eigenvalue weighted by Gasteiger charge is 2.23. The molecule has 1 aliphatic heterocycles. The zero-order chi connectivity index (χ0) is 15.5. The van der Waals surface area contributed by atoms with Gasteiger partial charge in [-0.15, -0.1) is 0 Å². The minimum atomic E-state index is -0.477. The van der Waals surface area contributed by atoms with Gasteiger partial charge in [0, 0.05) is 25.5 Å². The number of carbonyl (C=O) groups is 1. The summed E-state index contributed by atoms with van der Waals surface area (Å²) in [4.78, 5) is 31.3. The van der Waals surface area contributed by atoms with Gasteiger partial charge in [-0.2, -0.15) is 0 Å². The van der Waals surface area contributed by atoms with Gasteiger partial charge in [0.2, 0.25) is 5.91 Å². The average Bonchev–Trinajstić information content (AvgIpc) is 2.83. The molecule has 0 bridgehead atoms. The summed E-state index contributed by atoms with van der Waals surface area (Å²) in [5, 5.41) is 0.556. The summed E-state index contributed by atoms with van der Waals surface area (Å²) in [5.74, 6) is 0.0345. The van der Waals surface area contributed by atoms with E-state index in [1.165, 1.54) is 17.4 Å². The van der Waals surface area contributed by atoms with Gasteiger partial charge in [-0.25, -0.2) is 0 Å². The van der Waals surface area contributed by atoms with Crippen molar-refractivity contribution in [3.63, 3.8) is 0 Å². The predicted octanol–water partition coefficient (Wildman–Crippen LogP) is 2.36. The molecule has 5 heteroatoms. The van der Waals surface area contributed by atoms with Crippen LogP contribution in [0.2, 0.25) is 0 Å². The third-order valence-corrected chi connectivity index (χ3v) is 4.39. The first kappa shape index (κ1) is 14.8. The molecule has 1 atom stereocenters. The average molecular weight is 299 g/mol. The van der Waals surface area contributed by atoms with Gasteiger partial charge in [-0.05, 0) is 38.0 Å². The van der Waals surface area contributed by atoms with Crippen LogP contribution in [0, 0.1) is 0 Å². The fourth-order valence-electron chi connectivity index (χ4n) is 3.07. The number of hydrogen-bond acceptors (Lipinski definition) is 3. The summed E-state index contributed by atoms with van der Waals surface area (Å²) in [7, 11) is 0. The minimum absolute atomic E-state index is 0.0345. The summed E-state index contributed by atoms with van der Waals surface area (Å²) in [6.45, 7) is 3.40. The van der Waals surface area contributed by atoms with E-state index in [1.807, 2.05) is 4.90 Å². The fraction of sp³-hybridized carbons (Fsp3) is 0.471. The van der Waals surface area contributed by atoms with Crippen molar-refractivity contribution in [2.75, 3.05) is 13.1 Å². The van der Waals surface area contributed by atoms with Gasteiger partial charge < -0.3 is 9.47 Å². The summed E-state index contributed by atoms with van der Waals surface area (Å²) in [5.41, 5.74) is 0.513. The first-order valence-electron chi connectivity index (χ1n) is 7.93. The highest BCUT2D eigenvalue weighted by molar-refractivity contribution is 5.81. The van der Waals surface area contributed by atoms with Gasteiger partial charge in [0.1, 0.15) is 6.04 Å². The molecule has 1 saturated heterocycles. The highest BCUT2D eigenvalue weighted by atomic mass is 16.2. The molecule has 1 amide bonds. The van der Waals surface area contributed by atoms with Gasteiger partial charge in [0.25, 0.3) is 5.56 Å². The maximum atomic E-state index is 12.7. The van der Waals surface area contributed by atoms with E-state index in [2.05, 4.69) is 4.98 Å². The number of amides is 1. The molecule has 0 saturated carbocycles. The number of likely N-dealkylation sites (tertiary alicyclic amines) is 1. The number of rotatable bonds is 2. The van der Waals surface area contributed by atoms with E-state index < -0.39 is 6.04 Å². The number of nitrogens with zero attached hydrogens (tertiary/aromatic N) is 3. The summed E-state index contributed by atoms with van der Waals surface area (Å²) >= 11 is 0. The molecule has 0 N–H and O–H groups in total. The predicted molar refractivity (Wildman–Crippen MR) is 85.8 cm³/mol. The standard InChI is InChI=1S/C17H21N3O2/c1-13(16(21)19-10-4-2-3-5-11-19)20-12-8-15-14(17(20)22)7-6-9-18-15/h6-9,12-13H,2-5,10-11H2,1H3/t13-/m0/s1. The van der Waals surface area contributed by atoms with Gasteiger partial charge >= 0.3 is 0 Å². The molecule has 3 heterocycles. The number of aromatic nitrogens is 2. The molecule has 3 rings (SSSR count). The van der Waals surface area contributed by atoms with Crippen molar-refractivity contribution in [2.24, 2.45) is 0 Å². The van der Waals surface area contributed by atoms with Crippen LogP contribution in [0.3, 0.4) is 0 Å². The molecule has 0 aliphatic carbocycles. The molecule has 116 valence electrons. The van der Waals surface area contributed by atoms with Crippen LogP contribution in [0.15, 0.2) is 35.4 Å². The molecule has 2 aromatic rings. The third kappa shape index (κ3) is 2.75. The lowest BCUT2D eigenvalue weighted by Crippen LogP contribution is -2.39. The van der Waals surface area contributed by atoms with E-state index in [4.69, 9.17) is 0 Å². The summed E-state index contributed by atoms with van der Waals surface area (Å²) < 4.78 is 1.53. The molecular formula is C17H21N3O2. The smallest absolute Gasteiger partial charge is 0.260 e. The number of hydrogen-bond donors (Lipinski definition) is 0. The van der Waals surface area contributed by atoms with E-state index in [0.29, 0.717) is 10.9 Å². The SMILES string of the molecule is C[C@@H](C(=O)N1CCCCCC1)n1ccc2ncccc2c1=O. The minimum Gasteiger partial charge on any atom is -0.341 e. The lowest BCUT2D eigenvalue weighted by molar-refractivity contribution is -0.134. The molecule has 22 heavy (non-hydrogen) atoms. The first-order chi connectivity index (χ1) is 10.7. The van der Waals surface area contributed by atoms with Crippen LogP contribution in [0.5, 0.6) is 0 Å². The Hall–Kier alpha value is -2.17. The van der Waals surface area contributed by atoms with E-state index in [-0.39, 0.29) is 11.5 Å². The summed E-state index contributed by atoms with van der Waals surface area (Å²) in [6, 6.07) is 4.82. The summed E-state index contributed by atoms with van der Waals surface area (Å²) in [6.07, 6.45) is 7.81. The van der Waals surface area contributed by atoms with E-state index in [0.717, 1.165) is 25.9 Å². The first-order valence-corrected chi connectivity index (χ1v) is 7.93. The topological polar surface area (TPSA) is 55.2 Å². The van der Waals surface area contributed by atoms with Crippen molar-refractivity contribution in [3.8, 4) is 0 Å². The Morgan fingerprint density at radius 2 is 1.91 bits per heavy atom. The van der Waals surface area contributed by atoms with Crippen LogP contribution >= 0.6 is 0 Å². The molecule has 0 radical (unpaired) electrons. The van der Waals surface area contributed by atoms with Crippen LogP contribution < -0.4 is 5.56 Å². The Morgan fingerprint density at radius 1 is 1.18 bits per heavy atom. The van der Waals surface area contributed by atoms with Crippen molar-refractivity contribution in [2.45, 2.75) is 38.6 Å². The lowest BCUT2D eigenvalue weighted by atomic mass is 10.2. The lowest BCUT2D eigenvalue weighted by Gasteiger charge is -2.25. The van der Waals surface area contributed by atoms with Crippen LogP contribution in [-0.2, 0) is 4.79 Å². The zero-order valence-corrected chi connectivity index (χ0v) is 12.9. The van der Waals surface area contributed by atoms with E-state index >= 15 is 0 Å². The van der Waals surface area contributed by atoms with Crippen molar-refractivity contribution in [3.05, 3.63) is 40.9 Å². The Morgan fingerprint density at radius 3 is 2.64 bits per heavy atom. The third-order valence-electron chi connectivity index (χ3n) is 4.39. The van der Waals surface area contributed by atoms with Crippen LogP contribution in [0.4, 0.5) is 0 Å². The highest BCUT2D eigenvalue weighted by Crippen LogP contribution is 2.15. The van der Waals surface area contributed by atoms with Gasteiger partial charge in [-0.3, -0.25) is 14.6 Å². The second-order valence-corrected chi connectivity index (χ2v) is 5.88. The molecular weight excluding hydrogens is 278 g/mol. The molecule has 5 nitrogen and oxygen atoms in total. The molecule has 0 spiro atoms. The number of pyridine rings is 2. The van der Waals surface area contributed by atoms with Gasteiger partial charge in [0.15, 0.2) is 0 Å². The zero-order valence-electron chi connectivity index (χ0n) is 12.9. The van der Waals surface area contributed by atoms with Gasteiger partial charge in [0.05, 0.1) is 10.9 Å². The number of carbonyl (C=O) groups excluding carboxylic acids is 1. The Labute approximate surface area is 129 Å². The molecule has 0 unspecified atom stereocenters. The quantitative estimate of drug-likeness (QED) is 0.855. The molecule has 1 fully saturated rings. The molecule has 2 aromatic heterocycles. The second kappa shape index (κ2) is 6.30. The van der Waals surface area contributed by atoms with Crippen LogP contribution in [-0.4, -0.2) is 33.4 Å². The Bertz CT molecular complexity index is 730. The van der Waals surface area contributed by atoms with Crippen molar-refractivity contribution < 1.29 is 4.79 Å². The maximum Gasteiger partial charge on any atom is 0.260 e. The van der Waals surface area contributed by atoms with Crippen molar-refractivity contribution >= 4 is 16.8 Å². The van der Waals surface area contributed by atoms with Gasteiger partial charge in [-0.1, -0.05) is 12.8 Å². The van der Waals surface area contributed by atoms with Crippen molar-refractivity contribution in [1.29, 1.82) is 0 Å². The molecule has 1 aliphatic rings. The normalized spacial score (nSPS) is 17.2. The maximum absolute atomic E-state index is 12.7. The van der Waals surface area contributed by atoms with Crippen LogP contribution in [0.25, 0.3) is 10.9 Å². The Kier molecular flexibility index (Phi) is 4.22. The van der Waals surface area contributed by atoms with E-state index in [9.17, 15) is 9.59 Å². The van der Waals surface area contributed by atoms with Crippen molar-refractivity contribution in [1.82, 2.24) is 14.5 Å². The van der Waals surface area contributed by atoms with Crippen LogP contribution in [0.1, 0.15) is 38.6 Å². The monoisotopic (exact) mass is 299 g/mol. The largest absolute Gasteiger partial charge is 0.341 e. The number of fused-ring (bicyclic) bond motifs is 1. The second-order valence-electron chi connectivity index (χ2n) is 5.88.